The molecule has 0 aliphatic carbocycles. The summed E-state index contributed by atoms with van der Waals surface area (Å²) in [6.45, 7) is 2.33. The number of benzene rings is 2. The second kappa shape index (κ2) is 6.36. The zero-order chi connectivity index (χ0) is 18.2. The number of hydrogen-bond acceptors (Lipinski definition) is 4. The molecule has 132 valence electrons. The van der Waals surface area contributed by atoms with Crippen molar-refractivity contribution in [3.8, 4) is 5.75 Å². The van der Waals surface area contributed by atoms with Gasteiger partial charge in [0, 0.05) is 12.7 Å². The number of nitrogens with one attached hydrogen (secondary N) is 1. The molecule has 8 heteroatoms. The highest BCUT2D eigenvalue weighted by atomic mass is 32.2. The molecule has 1 amide bonds. The summed E-state index contributed by atoms with van der Waals surface area (Å²) in [7, 11) is -2.26. The van der Waals surface area contributed by atoms with Gasteiger partial charge in [0.2, 0.25) is 0 Å². The Morgan fingerprint density at radius 2 is 1.96 bits per heavy atom. The minimum absolute atomic E-state index is 0.0245. The minimum Gasteiger partial charge on any atom is -0.491 e. The van der Waals surface area contributed by atoms with E-state index in [0.717, 1.165) is 12.1 Å². The van der Waals surface area contributed by atoms with Crippen molar-refractivity contribution < 1.29 is 22.3 Å². The lowest BCUT2D eigenvalue weighted by Gasteiger charge is -2.14. The van der Waals surface area contributed by atoms with E-state index in [1.807, 2.05) is 0 Å². The minimum atomic E-state index is -3.91. The molecule has 0 atom stereocenters. The number of rotatable bonds is 3. The summed E-state index contributed by atoms with van der Waals surface area (Å²) in [5.41, 5.74) is 0.812. The molecule has 0 saturated heterocycles. The number of ether oxygens (including phenoxy) is 1. The van der Waals surface area contributed by atoms with Gasteiger partial charge >= 0.3 is 0 Å². The lowest BCUT2D eigenvalue weighted by molar-refractivity contribution is 0.0796. The quantitative estimate of drug-likeness (QED) is 0.907. The highest BCUT2D eigenvalue weighted by molar-refractivity contribution is 7.92. The standard InChI is InChI=1S/C17H17FN2O4S/c1-11-9-12(18)3-6-16(11)25(22,23)19-13-4-5-15-14(10-13)17(21)20(2)7-8-24-15/h3-6,9-10,19H,7-8H2,1-2H3. The molecule has 0 bridgehead atoms. The Bertz CT molecular complexity index is 944. The number of hydrogen-bond donors (Lipinski definition) is 1. The maximum Gasteiger partial charge on any atom is 0.262 e. The fourth-order valence-electron chi connectivity index (χ4n) is 2.61. The third-order valence-electron chi connectivity index (χ3n) is 3.92. The van der Waals surface area contributed by atoms with Crippen molar-refractivity contribution in [3.05, 3.63) is 53.3 Å². The maximum absolute atomic E-state index is 13.2. The fourth-order valence-corrected chi connectivity index (χ4v) is 3.89. The molecule has 0 unspecified atom stereocenters. The molecule has 0 saturated carbocycles. The summed E-state index contributed by atoms with van der Waals surface area (Å²) in [4.78, 5) is 13.8. The monoisotopic (exact) mass is 364 g/mol. The third-order valence-corrected chi connectivity index (χ3v) is 5.46. The molecule has 1 N–H and O–H groups in total. The van der Waals surface area contributed by atoms with Crippen LogP contribution in [0.5, 0.6) is 5.75 Å². The van der Waals surface area contributed by atoms with Crippen LogP contribution < -0.4 is 9.46 Å². The van der Waals surface area contributed by atoms with Gasteiger partial charge in [-0.25, -0.2) is 12.8 Å². The molecule has 2 aromatic rings. The van der Waals surface area contributed by atoms with Crippen molar-refractivity contribution in [1.82, 2.24) is 4.90 Å². The van der Waals surface area contributed by atoms with Gasteiger partial charge in [0.15, 0.2) is 0 Å². The molecule has 25 heavy (non-hydrogen) atoms. The van der Waals surface area contributed by atoms with Crippen LogP contribution in [0.4, 0.5) is 10.1 Å². The van der Waals surface area contributed by atoms with Crippen molar-refractivity contribution in [3.63, 3.8) is 0 Å². The molecule has 6 nitrogen and oxygen atoms in total. The van der Waals surface area contributed by atoms with Crippen LogP contribution in [0.2, 0.25) is 0 Å². The van der Waals surface area contributed by atoms with E-state index in [1.165, 1.54) is 30.0 Å². The lowest BCUT2D eigenvalue weighted by atomic mass is 10.1. The second-order valence-corrected chi connectivity index (χ2v) is 7.45. The highest BCUT2D eigenvalue weighted by Crippen LogP contribution is 2.28. The number of anilines is 1. The van der Waals surface area contributed by atoms with Crippen LogP contribution in [-0.4, -0.2) is 39.4 Å². The van der Waals surface area contributed by atoms with E-state index in [2.05, 4.69) is 4.72 Å². The van der Waals surface area contributed by atoms with Crippen molar-refractivity contribution in [2.75, 3.05) is 24.9 Å². The van der Waals surface area contributed by atoms with E-state index in [4.69, 9.17) is 4.74 Å². The SMILES string of the molecule is Cc1cc(F)ccc1S(=O)(=O)Nc1ccc2c(c1)C(=O)N(C)CCO2. The number of sulfonamides is 1. The Morgan fingerprint density at radius 3 is 2.68 bits per heavy atom. The lowest BCUT2D eigenvalue weighted by Crippen LogP contribution is -2.27. The number of likely N-dealkylation sites (N-methyl/N-ethyl adjacent to an activating group) is 1. The third kappa shape index (κ3) is 3.43. The number of carbonyl (C=O) groups excluding carboxylic acids is 1. The first-order valence-electron chi connectivity index (χ1n) is 7.59. The number of carbonyl (C=O) groups is 1. The van der Waals surface area contributed by atoms with E-state index in [9.17, 15) is 17.6 Å². The predicted octanol–water partition coefficient (Wildman–Crippen LogP) is 2.40. The molecule has 2 aromatic carbocycles. The van der Waals surface area contributed by atoms with E-state index in [-0.39, 0.29) is 22.1 Å². The van der Waals surface area contributed by atoms with Crippen molar-refractivity contribution in [1.29, 1.82) is 0 Å². The van der Waals surface area contributed by atoms with Crippen LogP contribution in [0, 0.1) is 12.7 Å². The van der Waals surface area contributed by atoms with Crippen LogP contribution in [0.25, 0.3) is 0 Å². The zero-order valence-electron chi connectivity index (χ0n) is 13.7. The van der Waals surface area contributed by atoms with E-state index >= 15 is 0 Å². The Balaban J connectivity index is 1.96. The molecule has 0 radical (unpaired) electrons. The Morgan fingerprint density at radius 1 is 1.20 bits per heavy atom. The number of halogens is 1. The highest BCUT2D eigenvalue weighted by Gasteiger charge is 2.23. The van der Waals surface area contributed by atoms with Crippen LogP contribution >= 0.6 is 0 Å². The first-order chi connectivity index (χ1) is 11.8. The molecular weight excluding hydrogens is 347 g/mol. The number of aryl methyl sites for hydroxylation is 1. The predicted molar refractivity (Wildman–Crippen MR) is 90.8 cm³/mol. The van der Waals surface area contributed by atoms with Gasteiger partial charge in [-0.1, -0.05) is 0 Å². The Labute approximate surface area is 145 Å². The first-order valence-corrected chi connectivity index (χ1v) is 9.07. The van der Waals surface area contributed by atoms with Crippen LogP contribution in [0.3, 0.4) is 0 Å². The van der Waals surface area contributed by atoms with Crippen molar-refractivity contribution in [2.45, 2.75) is 11.8 Å². The fraction of sp³-hybridized carbons (Fsp3) is 0.235. The van der Waals surface area contributed by atoms with Gasteiger partial charge in [-0.15, -0.1) is 0 Å². The number of fused-ring (bicyclic) bond motifs is 1. The normalized spacial score (nSPS) is 14.5. The molecule has 0 aromatic heterocycles. The smallest absolute Gasteiger partial charge is 0.262 e. The van der Waals surface area contributed by atoms with E-state index < -0.39 is 15.8 Å². The zero-order valence-corrected chi connectivity index (χ0v) is 14.6. The largest absolute Gasteiger partial charge is 0.491 e. The molecule has 1 aliphatic heterocycles. The maximum atomic E-state index is 13.2. The second-order valence-electron chi connectivity index (χ2n) is 5.80. The number of amides is 1. The summed E-state index contributed by atoms with van der Waals surface area (Å²) < 4.78 is 46.2. The molecule has 3 rings (SSSR count). The Kier molecular flexibility index (Phi) is 4.38. The van der Waals surface area contributed by atoms with E-state index in [1.54, 1.807) is 13.1 Å². The molecule has 1 aliphatic rings. The van der Waals surface area contributed by atoms with Gasteiger partial charge in [0.25, 0.3) is 15.9 Å². The summed E-state index contributed by atoms with van der Waals surface area (Å²) >= 11 is 0. The average molecular weight is 364 g/mol. The Hall–Kier alpha value is -2.61. The van der Waals surface area contributed by atoms with Gasteiger partial charge in [-0.3, -0.25) is 9.52 Å². The van der Waals surface area contributed by atoms with Gasteiger partial charge in [0.05, 0.1) is 17.0 Å². The average Bonchev–Trinajstić information content (AvgIpc) is 2.67. The van der Waals surface area contributed by atoms with Crippen LogP contribution in [0.15, 0.2) is 41.3 Å². The van der Waals surface area contributed by atoms with E-state index in [0.29, 0.717) is 24.5 Å². The topological polar surface area (TPSA) is 75.7 Å². The summed E-state index contributed by atoms with van der Waals surface area (Å²) in [6.07, 6.45) is 0. The summed E-state index contributed by atoms with van der Waals surface area (Å²) in [6, 6.07) is 7.97. The van der Waals surface area contributed by atoms with Crippen molar-refractivity contribution >= 4 is 21.6 Å². The van der Waals surface area contributed by atoms with Gasteiger partial charge in [-0.2, -0.15) is 0 Å². The van der Waals surface area contributed by atoms with Crippen LogP contribution in [0.1, 0.15) is 15.9 Å². The molecular formula is C17H17FN2O4S. The van der Waals surface area contributed by atoms with Gasteiger partial charge in [-0.05, 0) is 48.9 Å². The molecule has 0 spiro atoms. The number of nitrogens with zero attached hydrogens (tertiary/aromatic N) is 1. The molecule has 0 fully saturated rings. The summed E-state index contributed by atoms with van der Waals surface area (Å²) in [5.74, 6) is -0.339. The summed E-state index contributed by atoms with van der Waals surface area (Å²) in [5, 5.41) is 0. The van der Waals surface area contributed by atoms with Gasteiger partial charge in [0.1, 0.15) is 18.2 Å². The van der Waals surface area contributed by atoms with Gasteiger partial charge < -0.3 is 9.64 Å². The van der Waals surface area contributed by atoms with Crippen molar-refractivity contribution in [2.24, 2.45) is 0 Å². The first kappa shape index (κ1) is 17.2. The van der Waals surface area contributed by atoms with Crippen LogP contribution in [-0.2, 0) is 10.0 Å². The molecule has 1 heterocycles.